The van der Waals surface area contributed by atoms with Crippen molar-refractivity contribution >= 4 is 22.3 Å². The Morgan fingerprint density at radius 3 is 3.19 bits per heavy atom. The molecule has 5 nitrogen and oxygen atoms in total. The molecular formula is C15H14N2O3S. The third kappa shape index (κ3) is 1.68. The molecule has 3 aromatic rings. The quantitative estimate of drug-likeness (QED) is 0.682. The minimum absolute atomic E-state index is 0.265. The number of carbonyl (C=O) groups is 1. The maximum atomic E-state index is 12.0. The molecule has 4 rings (SSSR count). The molecule has 0 amide bonds. The number of hydrogen-bond donors (Lipinski definition) is 0. The predicted molar refractivity (Wildman–Crippen MR) is 78.9 cm³/mol. The normalized spacial score (nSPS) is 13.2. The number of fused-ring (bicyclic) bond motifs is 5. The van der Waals surface area contributed by atoms with Gasteiger partial charge in [-0.25, -0.2) is 9.78 Å². The Morgan fingerprint density at radius 2 is 2.38 bits per heavy atom. The van der Waals surface area contributed by atoms with E-state index in [0.29, 0.717) is 11.5 Å². The number of furan rings is 1. The van der Waals surface area contributed by atoms with E-state index in [1.165, 1.54) is 11.3 Å². The molecular weight excluding hydrogens is 288 g/mol. The fourth-order valence-electron chi connectivity index (χ4n) is 2.92. The molecule has 0 fully saturated rings. The van der Waals surface area contributed by atoms with Gasteiger partial charge in [-0.05, 0) is 26.3 Å². The Bertz CT molecular complexity index is 856. The number of aromatic nitrogens is 2. The van der Waals surface area contributed by atoms with Crippen LogP contribution in [0.4, 0.5) is 0 Å². The van der Waals surface area contributed by atoms with Gasteiger partial charge in [-0.3, -0.25) is 4.40 Å². The van der Waals surface area contributed by atoms with E-state index in [2.05, 4.69) is 4.40 Å². The molecule has 3 aromatic heterocycles. The Balaban J connectivity index is 1.91. The molecule has 0 aromatic carbocycles. The van der Waals surface area contributed by atoms with E-state index < -0.39 is 0 Å². The molecule has 0 saturated heterocycles. The Morgan fingerprint density at radius 1 is 1.52 bits per heavy atom. The summed E-state index contributed by atoms with van der Waals surface area (Å²) in [7, 11) is 0. The van der Waals surface area contributed by atoms with Crippen LogP contribution in [0.15, 0.2) is 16.7 Å². The first kappa shape index (κ1) is 12.6. The molecule has 0 atom stereocenters. The first-order valence-electron chi connectivity index (χ1n) is 6.95. The first-order valence-corrected chi connectivity index (χ1v) is 7.77. The summed E-state index contributed by atoms with van der Waals surface area (Å²) in [6, 6.07) is 1.96. The highest BCUT2D eigenvalue weighted by atomic mass is 32.1. The Hall–Kier alpha value is -2.08. The first-order chi connectivity index (χ1) is 10.2. The number of carbonyl (C=O) groups excluding carboxylic acids is 1. The molecule has 1 aliphatic rings. The van der Waals surface area contributed by atoms with Gasteiger partial charge in [0, 0.05) is 17.7 Å². The van der Waals surface area contributed by atoms with Gasteiger partial charge in [0.05, 0.1) is 24.3 Å². The average molecular weight is 302 g/mol. The molecule has 0 unspecified atom stereocenters. The predicted octanol–water partition coefficient (Wildman–Crippen LogP) is 3.24. The van der Waals surface area contributed by atoms with Crippen molar-refractivity contribution in [1.82, 2.24) is 9.38 Å². The smallest absolute Gasteiger partial charge is 0.350 e. The number of hydrogen-bond acceptors (Lipinski definition) is 5. The van der Waals surface area contributed by atoms with Crippen molar-refractivity contribution in [3.05, 3.63) is 34.4 Å². The maximum Gasteiger partial charge on any atom is 0.350 e. The van der Waals surface area contributed by atoms with Gasteiger partial charge in [-0.2, -0.15) is 0 Å². The second-order valence-corrected chi connectivity index (χ2v) is 6.00. The van der Waals surface area contributed by atoms with Gasteiger partial charge in [-0.15, -0.1) is 0 Å². The molecule has 6 heteroatoms. The third-order valence-corrected chi connectivity index (χ3v) is 4.97. The van der Waals surface area contributed by atoms with E-state index in [4.69, 9.17) is 14.1 Å². The van der Waals surface area contributed by atoms with Crippen LogP contribution < -0.4 is 0 Å². The molecule has 108 valence electrons. The summed E-state index contributed by atoms with van der Waals surface area (Å²) >= 11 is 1.39. The summed E-state index contributed by atoms with van der Waals surface area (Å²) in [5.41, 5.74) is 4.12. The zero-order valence-electron chi connectivity index (χ0n) is 11.8. The van der Waals surface area contributed by atoms with Crippen molar-refractivity contribution in [2.75, 3.05) is 6.61 Å². The Kier molecular flexibility index (Phi) is 2.68. The van der Waals surface area contributed by atoms with E-state index >= 15 is 0 Å². The van der Waals surface area contributed by atoms with Crippen molar-refractivity contribution < 1.29 is 13.9 Å². The summed E-state index contributed by atoms with van der Waals surface area (Å²) in [4.78, 5) is 18.2. The van der Waals surface area contributed by atoms with Crippen LogP contribution in [0.5, 0.6) is 0 Å². The van der Waals surface area contributed by atoms with E-state index in [-0.39, 0.29) is 5.97 Å². The molecule has 1 aliphatic carbocycles. The molecule has 3 heterocycles. The van der Waals surface area contributed by atoms with Crippen LogP contribution in [0.2, 0.25) is 0 Å². The highest BCUT2D eigenvalue weighted by Gasteiger charge is 2.27. The van der Waals surface area contributed by atoms with Crippen LogP contribution in [0.25, 0.3) is 16.2 Å². The van der Waals surface area contributed by atoms with Crippen molar-refractivity contribution in [3.8, 4) is 11.3 Å². The molecule has 21 heavy (non-hydrogen) atoms. The van der Waals surface area contributed by atoms with Gasteiger partial charge in [0.25, 0.3) is 0 Å². The lowest BCUT2D eigenvalue weighted by Gasteiger charge is -2.11. The van der Waals surface area contributed by atoms with Crippen LogP contribution in [0, 0.1) is 6.92 Å². The lowest BCUT2D eigenvalue weighted by molar-refractivity contribution is 0.0531. The van der Waals surface area contributed by atoms with E-state index in [1.807, 2.05) is 19.9 Å². The molecule has 0 spiro atoms. The monoisotopic (exact) mass is 302 g/mol. The number of esters is 1. The molecule has 0 N–H and O–H groups in total. The van der Waals surface area contributed by atoms with Gasteiger partial charge < -0.3 is 9.15 Å². The zero-order chi connectivity index (χ0) is 14.6. The lowest BCUT2D eigenvalue weighted by Crippen LogP contribution is -2.07. The van der Waals surface area contributed by atoms with E-state index in [1.54, 1.807) is 6.26 Å². The van der Waals surface area contributed by atoms with E-state index in [0.717, 1.165) is 46.2 Å². The summed E-state index contributed by atoms with van der Waals surface area (Å²) in [5.74, 6) is 0.732. The van der Waals surface area contributed by atoms with Crippen molar-refractivity contribution in [2.45, 2.75) is 26.7 Å². The molecule has 0 saturated carbocycles. The van der Waals surface area contributed by atoms with Crippen LogP contribution >= 0.6 is 11.3 Å². The second-order valence-electron chi connectivity index (χ2n) is 5.02. The van der Waals surface area contributed by atoms with Gasteiger partial charge >= 0.3 is 5.97 Å². The lowest BCUT2D eigenvalue weighted by atomic mass is 9.99. The molecule has 0 aliphatic heterocycles. The third-order valence-electron chi connectivity index (χ3n) is 3.85. The van der Waals surface area contributed by atoms with E-state index in [9.17, 15) is 4.79 Å². The van der Waals surface area contributed by atoms with Crippen LogP contribution in [0.1, 0.15) is 33.7 Å². The van der Waals surface area contributed by atoms with Crippen LogP contribution in [0.3, 0.4) is 0 Å². The van der Waals surface area contributed by atoms with Crippen molar-refractivity contribution in [1.29, 1.82) is 0 Å². The summed E-state index contributed by atoms with van der Waals surface area (Å²) < 4.78 is 12.7. The van der Waals surface area contributed by atoms with Crippen molar-refractivity contribution in [2.24, 2.45) is 0 Å². The minimum atomic E-state index is -0.265. The zero-order valence-corrected chi connectivity index (χ0v) is 12.6. The van der Waals surface area contributed by atoms with Gasteiger partial charge in [0.1, 0.15) is 10.6 Å². The summed E-state index contributed by atoms with van der Waals surface area (Å²) in [6.45, 7) is 4.14. The van der Waals surface area contributed by atoms with Gasteiger partial charge in [0.15, 0.2) is 4.96 Å². The highest BCUT2D eigenvalue weighted by Crippen LogP contribution is 2.37. The largest absolute Gasteiger partial charge is 0.469 e. The number of thiazole rings is 1. The fraction of sp³-hybridized carbons (Fsp3) is 0.333. The van der Waals surface area contributed by atoms with Crippen LogP contribution in [-0.2, 0) is 17.6 Å². The van der Waals surface area contributed by atoms with Gasteiger partial charge in [-0.1, -0.05) is 11.3 Å². The summed E-state index contributed by atoms with van der Waals surface area (Å²) in [6.07, 6.45) is 3.45. The topological polar surface area (TPSA) is 56.7 Å². The Labute approximate surface area is 125 Å². The fourth-order valence-corrected chi connectivity index (χ4v) is 3.96. The maximum absolute atomic E-state index is 12.0. The van der Waals surface area contributed by atoms with Crippen LogP contribution in [-0.4, -0.2) is 22.0 Å². The minimum Gasteiger partial charge on any atom is -0.469 e. The van der Waals surface area contributed by atoms with Gasteiger partial charge in [0.2, 0.25) is 0 Å². The molecule has 0 radical (unpaired) electrons. The number of nitrogens with zero attached hydrogens (tertiary/aromatic N) is 2. The number of imidazole rings is 1. The number of aryl methyl sites for hydroxylation is 3. The summed E-state index contributed by atoms with van der Waals surface area (Å²) in [5, 5.41) is 0. The SMILES string of the molecule is CCOC(=O)c1sc2nc3c(n2c1C)CCc1occc1-3. The average Bonchev–Trinajstić information content (AvgIpc) is 3.12. The van der Waals surface area contributed by atoms with Crippen molar-refractivity contribution in [3.63, 3.8) is 0 Å². The second kappa shape index (κ2) is 4.46. The molecule has 0 bridgehead atoms. The number of rotatable bonds is 2. The number of ether oxygens (including phenoxy) is 1. The standard InChI is InChI=1S/C15H14N2O3S/c1-3-19-14(18)13-8(2)17-10-4-5-11-9(6-7-20-11)12(10)16-15(17)21-13/h6-7H,3-5H2,1-2H3. The highest BCUT2D eigenvalue weighted by molar-refractivity contribution is 7.19.